The molecule has 6 heteroatoms. The molecule has 0 saturated heterocycles. The normalized spacial score (nSPS) is 16.3. The maximum Gasteiger partial charge on any atom is 0.247 e. The summed E-state index contributed by atoms with van der Waals surface area (Å²) in [5, 5.41) is 3.71. The molecule has 1 heterocycles. The minimum Gasteiger partial charge on any atom is -0.324 e. The minimum atomic E-state index is -0.614. The zero-order valence-corrected chi connectivity index (χ0v) is 16.4. The fourth-order valence-electron chi connectivity index (χ4n) is 3.06. The van der Waals surface area contributed by atoms with Gasteiger partial charge in [0.2, 0.25) is 11.8 Å². The number of fused-ring (bicyclic) bond motifs is 1. The molecule has 1 N–H and O–H groups in total. The highest BCUT2D eigenvalue weighted by Gasteiger charge is 2.41. The van der Waals surface area contributed by atoms with Crippen molar-refractivity contribution in [3.8, 4) is 0 Å². The van der Waals surface area contributed by atoms with Crippen LogP contribution in [0, 0.1) is 5.41 Å². The topological polar surface area (TPSA) is 49.4 Å². The van der Waals surface area contributed by atoms with E-state index in [1.807, 2.05) is 45.0 Å². The van der Waals surface area contributed by atoms with E-state index in [0.717, 1.165) is 11.3 Å². The van der Waals surface area contributed by atoms with Gasteiger partial charge >= 0.3 is 0 Å². The maximum atomic E-state index is 13.0. The predicted octanol–water partition coefficient (Wildman–Crippen LogP) is 4.94. The van der Waals surface area contributed by atoms with Crippen molar-refractivity contribution >= 4 is 46.4 Å². The number of nitrogens with zero attached hydrogens (tertiary/aromatic N) is 1. The highest BCUT2D eigenvalue weighted by Crippen LogP contribution is 2.36. The molecule has 0 spiro atoms. The van der Waals surface area contributed by atoms with Crippen LogP contribution in [0.15, 0.2) is 42.5 Å². The molecule has 0 aromatic heterocycles. The van der Waals surface area contributed by atoms with Crippen LogP contribution in [-0.4, -0.2) is 17.9 Å². The van der Waals surface area contributed by atoms with Gasteiger partial charge in [0.1, 0.15) is 6.04 Å². The molecule has 1 atom stereocenters. The van der Waals surface area contributed by atoms with E-state index in [4.69, 9.17) is 23.2 Å². The monoisotopic (exact) mass is 390 g/mol. The average Bonchev–Trinajstić information content (AvgIpc) is 2.91. The van der Waals surface area contributed by atoms with Gasteiger partial charge in [0, 0.05) is 33.3 Å². The molecule has 1 aliphatic heterocycles. The fraction of sp³-hybridized carbons (Fsp3) is 0.300. The first-order valence-electron chi connectivity index (χ1n) is 8.35. The highest BCUT2D eigenvalue weighted by atomic mass is 35.5. The van der Waals surface area contributed by atoms with Gasteiger partial charge in [-0.2, -0.15) is 0 Å². The first-order chi connectivity index (χ1) is 12.2. The number of hydrogen-bond donors (Lipinski definition) is 1. The maximum absolute atomic E-state index is 13.0. The van der Waals surface area contributed by atoms with E-state index >= 15 is 0 Å². The van der Waals surface area contributed by atoms with Crippen LogP contribution in [0.4, 0.5) is 11.4 Å². The number of hydrogen-bond acceptors (Lipinski definition) is 2. The van der Waals surface area contributed by atoms with Gasteiger partial charge in [-0.1, -0.05) is 62.2 Å². The van der Waals surface area contributed by atoms with Gasteiger partial charge in [0.25, 0.3) is 0 Å². The van der Waals surface area contributed by atoms with Crippen molar-refractivity contribution in [3.63, 3.8) is 0 Å². The van der Waals surface area contributed by atoms with Crippen LogP contribution in [0.3, 0.4) is 0 Å². The molecule has 2 aromatic rings. The lowest BCUT2D eigenvalue weighted by molar-refractivity contribution is -0.128. The second-order valence-corrected chi connectivity index (χ2v) is 8.29. The number of halogens is 2. The smallest absolute Gasteiger partial charge is 0.247 e. The molecule has 136 valence electrons. The van der Waals surface area contributed by atoms with E-state index in [2.05, 4.69) is 5.32 Å². The molecule has 2 amide bonds. The molecular weight excluding hydrogens is 371 g/mol. The van der Waals surface area contributed by atoms with Crippen molar-refractivity contribution in [2.45, 2.75) is 33.2 Å². The molecule has 1 aliphatic rings. The van der Waals surface area contributed by atoms with Gasteiger partial charge in [0.15, 0.2) is 0 Å². The Balaban J connectivity index is 1.92. The second-order valence-electron chi connectivity index (χ2n) is 7.42. The molecule has 0 fully saturated rings. The first-order valence-corrected chi connectivity index (χ1v) is 9.11. The standard InChI is InChI=1S/C20H20Cl2N2O2/c1-20(2,3)19(26)24-16-7-5-4-6-12(16)8-17(24)18(25)23-15-10-13(21)9-14(22)11-15/h4-7,9-11,17H,8H2,1-3H3,(H,23,25). The van der Waals surface area contributed by atoms with Crippen LogP contribution >= 0.6 is 23.2 Å². The summed E-state index contributed by atoms with van der Waals surface area (Å²) in [6.07, 6.45) is 0.470. The number of para-hydroxylation sites is 1. The summed E-state index contributed by atoms with van der Waals surface area (Å²) in [4.78, 5) is 27.6. The molecule has 4 nitrogen and oxygen atoms in total. The Morgan fingerprint density at radius 3 is 2.31 bits per heavy atom. The van der Waals surface area contributed by atoms with Gasteiger partial charge in [-0.05, 0) is 29.8 Å². The van der Waals surface area contributed by atoms with Crippen LogP contribution in [0.1, 0.15) is 26.3 Å². The number of rotatable bonds is 2. The Kier molecular flexibility index (Phi) is 5.00. The van der Waals surface area contributed by atoms with E-state index < -0.39 is 11.5 Å². The van der Waals surface area contributed by atoms with Crippen LogP contribution in [0.2, 0.25) is 10.0 Å². The largest absolute Gasteiger partial charge is 0.324 e. The summed E-state index contributed by atoms with van der Waals surface area (Å²) >= 11 is 12.0. The van der Waals surface area contributed by atoms with E-state index in [0.29, 0.717) is 22.2 Å². The van der Waals surface area contributed by atoms with Crippen LogP contribution in [0.25, 0.3) is 0 Å². The SMILES string of the molecule is CC(C)(C)C(=O)N1c2ccccc2CC1C(=O)Nc1cc(Cl)cc(Cl)c1. The lowest BCUT2D eigenvalue weighted by atomic mass is 9.94. The molecule has 2 aromatic carbocycles. The van der Waals surface area contributed by atoms with Gasteiger partial charge in [-0.3, -0.25) is 14.5 Å². The van der Waals surface area contributed by atoms with Crippen molar-refractivity contribution in [2.24, 2.45) is 5.41 Å². The van der Waals surface area contributed by atoms with Crippen molar-refractivity contribution in [1.29, 1.82) is 0 Å². The summed E-state index contributed by atoms with van der Waals surface area (Å²) in [7, 11) is 0. The molecule has 26 heavy (non-hydrogen) atoms. The Labute approximate surface area is 163 Å². The zero-order chi connectivity index (χ0) is 19.1. The highest BCUT2D eigenvalue weighted by molar-refractivity contribution is 6.35. The van der Waals surface area contributed by atoms with Crippen molar-refractivity contribution in [2.75, 3.05) is 10.2 Å². The van der Waals surface area contributed by atoms with Crippen LogP contribution < -0.4 is 10.2 Å². The molecule has 0 aliphatic carbocycles. The average molecular weight is 391 g/mol. The molecule has 0 radical (unpaired) electrons. The summed E-state index contributed by atoms with van der Waals surface area (Å²) < 4.78 is 0. The number of benzene rings is 2. The predicted molar refractivity (Wildman–Crippen MR) is 106 cm³/mol. The lowest BCUT2D eigenvalue weighted by Crippen LogP contribution is -2.49. The summed E-state index contributed by atoms with van der Waals surface area (Å²) in [5.41, 5.74) is 1.67. The van der Waals surface area contributed by atoms with E-state index in [-0.39, 0.29) is 11.8 Å². The first kappa shape index (κ1) is 18.7. The van der Waals surface area contributed by atoms with Gasteiger partial charge in [-0.25, -0.2) is 0 Å². The Hall–Kier alpha value is -2.04. The number of nitrogens with one attached hydrogen (secondary N) is 1. The Morgan fingerprint density at radius 1 is 1.08 bits per heavy atom. The summed E-state index contributed by atoms with van der Waals surface area (Å²) in [6, 6.07) is 11.8. The minimum absolute atomic E-state index is 0.0910. The Morgan fingerprint density at radius 2 is 1.69 bits per heavy atom. The van der Waals surface area contributed by atoms with Gasteiger partial charge in [-0.15, -0.1) is 0 Å². The molecule has 3 rings (SSSR count). The van der Waals surface area contributed by atoms with Crippen molar-refractivity contribution in [3.05, 3.63) is 58.1 Å². The third-order valence-electron chi connectivity index (χ3n) is 4.27. The van der Waals surface area contributed by atoms with Gasteiger partial charge < -0.3 is 5.32 Å². The Bertz CT molecular complexity index is 854. The van der Waals surface area contributed by atoms with E-state index in [9.17, 15) is 9.59 Å². The number of carbonyl (C=O) groups is 2. The van der Waals surface area contributed by atoms with E-state index in [1.54, 1.807) is 23.1 Å². The molecule has 0 saturated carbocycles. The second kappa shape index (κ2) is 6.93. The molecular formula is C20H20Cl2N2O2. The zero-order valence-electron chi connectivity index (χ0n) is 14.8. The molecule has 0 bridgehead atoms. The molecule has 1 unspecified atom stereocenters. The summed E-state index contributed by atoms with van der Waals surface area (Å²) in [5.74, 6) is -0.358. The number of amides is 2. The number of carbonyl (C=O) groups excluding carboxylic acids is 2. The number of anilines is 2. The summed E-state index contributed by atoms with van der Waals surface area (Å²) in [6.45, 7) is 5.55. The van der Waals surface area contributed by atoms with Crippen LogP contribution in [-0.2, 0) is 16.0 Å². The van der Waals surface area contributed by atoms with Crippen molar-refractivity contribution < 1.29 is 9.59 Å². The van der Waals surface area contributed by atoms with E-state index in [1.165, 1.54) is 0 Å². The lowest BCUT2D eigenvalue weighted by Gasteiger charge is -2.31. The third-order valence-corrected chi connectivity index (χ3v) is 4.71. The van der Waals surface area contributed by atoms with Crippen molar-refractivity contribution in [1.82, 2.24) is 0 Å². The van der Waals surface area contributed by atoms with Crippen LogP contribution in [0.5, 0.6) is 0 Å². The fourth-order valence-corrected chi connectivity index (χ4v) is 3.59. The van der Waals surface area contributed by atoms with Gasteiger partial charge in [0.05, 0.1) is 0 Å². The quantitative estimate of drug-likeness (QED) is 0.789. The third kappa shape index (κ3) is 3.71.